The van der Waals surface area contributed by atoms with E-state index in [1.807, 2.05) is 62.4 Å². The van der Waals surface area contributed by atoms with Crippen molar-refractivity contribution in [3.63, 3.8) is 0 Å². The van der Waals surface area contributed by atoms with Gasteiger partial charge in [0.2, 0.25) is 0 Å². The first-order valence-electron chi connectivity index (χ1n) is 10.1. The van der Waals surface area contributed by atoms with Crippen LogP contribution >= 0.6 is 0 Å². The zero-order valence-corrected chi connectivity index (χ0v) is 18.4. The van der Waals surface area contributed by atoms with E-state index in [1.165, 1.54) is 11.6 Å². The maximum atomic E-state index is 12.9. The van der Waals surface area contributed by atoms with Crippen LogP contribution in [0.1, 0.15) is 29.3 Å². The number of ether oxygens (including phenoxy) is 1. The van der Waals surface area contributed by atoms with Crippen molar-refractivity contribution in [1.82, 2.24) is 9.36 Å². The second kappa shape index (κ2) is 9.04. The fourth-order valence-electron chi connectivity index (χ4n) is 3.31. The van der Waals surface area contributed by atoms with Gasteiger partial charge in [-0.1, -0.05) is 36.4 Å². The van der Waals surface area contributed by atoms with Gasteiger partial charge in [0, 0.05) is 7.05 Å². The highest BCUT2D eigenvalue weighted by molar-refractivity contribution is 5.95. The zero-order valence-electron chi connectivity index (χ0n) is 18.4. The molecule has 1 heterocycles. The molecule has 2 aromatic carbocycles. The molecule has 0 aliphatic rings. The summed E-state index contributed by atoms with van der Waals surface area (Å²) in [5.41, 5.74) is 4.14. The molecule has 31 heavy (non-hydrogen) atoms. The monoisotopic (exact) mass is 421 g/mol. The SMILES string of the molecule is Cc1ccc(CC(=O)OC(C)C(=O)Nc2c(C)n(C)n(-c3ccccc3)c2=O)cc1C. The van der Waals surface area contributed by atoms with Crippen LogP contribution in [0.4, 0.5) is 5.69 Å². The van der Waals surface area contributed by atoms with Gasteiger partial charge in [-0.3, -0.25) is 19.1 Å². The number of amides is 1. The number of nitrogens with zero attached hydrogens (tertiary/aromatic N) is 2. The lowest BCUT2D eigenvalue weighted by molar-refractivity contribution is -0.152. The number of hydrogen-bond acceptors (Lipinski definition) is 4. The van der Waals surface area contributed by atoms with E-state index in [4.69, 9.17) is 4.74 Å². The fourth-order valence-corrected chi connectivity index (χ4v) is 3.31. The lowest BCUT2D eigenvalue weighted by Crippen LogP contribution is -2.32. The third kappa shape index (κ3) is 4.77. The first-order valence-corrected chi connectivity index (χ1v) is 10.1. The predicted octanol–water partition coefficient (Wildman–Crippen LogP) is 3.21. The molecule has 7 heteroatoms. The molecule has 0 fully saturated rings. The van der Waals surface area contributed by atoms with Gasteiger partial charge < -0.3 is 10.1 Å². The molecule has 7 nitrogen and oxygen atoms in total. The van der Waals surface area contributed by atoms with Crippen LogP contribution in [0.15, 0.2) is 53.3 Å². The second-order valence-corrected chi connectivity index (χ2v) is 7.65. The highest BCUT2D eigenvalue weighted by Crippen LogP contribution is 2.15. The first kappa shape index (κ1) is 22.1. The largest absolute Gasteiger partial charge is 0.452 e. The topological polar surface area (TPSA) is 82.3 Å². The average Bonchev–Trinajstić information content (AvgIpc) is 2.94. The molecule has 1 atom stereocenters. The summed E-state index contributed by atoms with van der Waals surface area (Å²) >= 11 is 0. The molecule has 0 bridgehead atoms. The fraction of sp³-hybridized carbons (Fsp3) is 0.292. The van der Waals surface area contributed by atoms with Gasteiger partial charge in [0.15, 0.2) is 6.10 Å². The van der Waals surface area contributed by atoms with E-state index in [0.717, 1.165) is 16.7 Å². The van der Waals surface area contributed by atoms with Crippen molar-refractivity contribution in [2.45, 2.75) is 40.2 Å². The average molecular weight is 421 g/mol. The quantitative estimate of drug-likeness (QED) is 0.620. The van der Waals surface area contributed by atoms with Gasteiger partial charge in [-0.05, 0) is 56.5 Å². The molecule has 0 aliphatic carbocycles. The van der Waals surface area contributed by atoms with Crippen LogP contribution in [0.2, 0.25) is 0 Å². The number of aryl methyl sites for hydroxylation is 2. The van der Waals surface area contributed by atoms with Crippen LogP contribution < -0.4 is 10.9 Å². The Kier molecular flexibility index (Phi) is 6.44. The second-order valence-electron chi connectivity index (χ2n) is 7.65. The van der Waals surface area contributed by atoms with Gasteiger partial charge in [0.1, 0.15) is 5.69 Å². The van der Waals surface area contributed by atoms with E-state index in [-0.39, 0.29) is 17.7 Å². The van der Waals surface area contributed by atoms with E-state index in [9.17, 15) is 14.4 Å². The smallest absolute Gasteiger partial charge is 0.311 e. The molecule has 0 saturated heterocycles. The lowest BCUT2D eigenvalue weighted by Gasteiger charge is -2.13. The number of benzene rings is 2. The molecular weight excluding hydrogens is 394 g/mol. The number of para-hydroxylation sites is 1. The number of anilines is 1. The summed E-state index contributed by atoms with van der Waals surface area (Å²) in [6.07, 6.45) is -0.965. The van der Waals surface area contributed by atoms with Gasteiger partial charge in [-0.25, -0.2) is 4.68 Å². The van der Waals surface area contributed by atoms with Crippen LogP contribution in [-0.2, 0) is 27.8 Å². The summed E-state index contributed by atoms with van der Waals surface area (Å²) in [4.78, 5) is 37.8. The maximum absolute atomic E-state index is 12.9. The van der Waals surface area contributed by atoms with Crippen LogP contribution in [0.3, 0.4) is 0 Å². The number of aromatic nitrogens is 2. The lowest BCUT2D eigenvalue weighted by atomic mass is 10.0. The van der Waals surface area contributed by atoms with Crippen molar-refractivity contribution in [3.05, 3.63) is 81.3 Å². The summed E-state index contributed by atoms with van der Waals surface area (Å²) in [5, 5.41) is 2.62. The molecule has 3 rings (SSSR count). The standard InChI is InChI=1S/C24H27N3O4/c1-15-11-12-19(13-16(15)2)14-21(28)31-18(4)23(29)25-22-17(3)26(5)27(24(22)30)20-9-7-6-8-10-20/h6-13,18H,14H2,1-5H3,(H,25,29). The number of rotatable bonds is 6. The van der Waals surface area contributed by atoms with Crippen LogP contribution in [0.25, 0.3) is 5.69 Å². The molecular formula is C24H27N3O4. The number of hydrogen-bond donors (Lipinski definition) is 1. The normalized spacial score (nSPS) is 11.8. The Balaban J connectivity index is 1.70. The van der Waals surface area contributed by atoms with E-state index >= 15 is 0 Å². The Hall–Kier alpha value is -3.61. The minimum absolute atomic E-state index is 0.0733. The number of nitrogens with one attached hydrogen (secondary N) is 1. The highest BCUT2D eigenvalue weighted by Gasteiger charge is 2.23. The van der Waals surface area contributed by atoms with Crippen molar-refractivity contribution >= 4 is 17.6 Å². The van der Waals surface area contributed by atoms with Crippen molar-refractivity contribution in [2.24, 2.45) is 7.05 Å². The zero-order chi connectivity index (χ0) is 22.7. The molecule has 0 spiro atoms. The van der Waals surface area contributed by atoms with Gasteiger partial charge in [-0.15, -0.1) is 0 Å². The van der Waals surface area contributed by atoms with Gasteiger partial charge in [0.05, 0.1) is 17.8 Å². The molecule has 0 aliphatic heterocycles. The van der Waals surface area contributed by atoms with Crippen LogP contribution in [0, 0.1) is 20.8 Å². The summed E-state index contributed by atoms with van der Waals surface area (Å²) < 4.78 is 8.44. The maximum Gasteiger partial charge on any atom is 0.311 e. The third-order valence-corrected chi connectivity index (χ3v) is 5.40. The van der Waals surface area contributed by atoms with E-state index < -0.39 is 18.0 Å². The van der Waals surface area contributed by atoms with Crippen molar-refractivity contribution < 1.29 is 14.3 Å². The summed E-state index contributed by atoms with van der Waals surface area (Å²) in [6, 6.07) is 14.9. The molecule has 1 amide bonds. The molecule has 162 valence electrons. The highest BCUT2D eigenvalue weighted by atomic mass is 16.5. The number of carbonyl (C=O) groups excluding carboxylic acids is 2. The van der Waals surface area contributed by atoms with Crippen molar-refractivity contribution in [3.8, 4) is 5.69 Å². The predicted molar refractivity (Wildman–Crippen MR) is 120 cm³/mol. The Morgan fingerprint density at radius 2 is 1.71 bits per heavy atom. The van der Waals surface area contributed by atoms with Gasteiger partial charge >= 0.3 is 5.97 Å². The van der Waals surface area contributed by atoms with Gasteiger partial charge in [-0.2, -0.15) is 0 Å². The molecule has 1 N–H and O–H groups in total. The summed E-state index contributed by atoms with van der Waals surface area (Å²) in [6.45, 7) is 7.21. The molecule has 0 saturated carbocycles. The first-order chi connectivity index (χ1) is 14.7. The molecule has 0 radical (unpaired) electrons. The van der Waals surface area contributed by atoms with E-state index in [2.05, 4.69) is 5.32 Å². The summed E-state index contributed by atoms with van der Waals surface area (Å²) in [5.74, 6) is -1.06. The molecule has 3 aromatic rings. The summed E-state index contributed by atoms with van der Waals surface area (Å²) in [7, 11) is 1.74. The molecule has 1 unspecified atom stereocenters. The Morgan fingerprint density at radius 1 is 1.03 bits per heavy atom. The Bertz CT molecular complexity index is 1180. The Labute approximate surface area is 181 Å². The van der Waals surface area contributed by atoms with Crippen LogP contribution in [-0.4, -0.2) is 27.3 Å². The third-order valence-electron chi connectivity index (χ3n) is 5.40. The van der Waals surface area contributed by atoms with E-state index in [1.54, 1.807) is 18.7 Å². The minimum Gasteiger partial charge on any atom is -0.452 e. The Morgan fingerprint density at radius 3 is 2.35 bits per heavy atom. The minimum atomic E-state index is -1.04. The molecule has 1 aromatic heterocycles. The van der Waals surface area contributed by atoms with Gasteiger partial charge in [0.25, 0.3) is 11.5 Å². The van der Waals surface area contributed by atoms with E-state index in [0.29, 0.717) is 11.4 Å². The van der Waals surface area contributed by atoms with Crippen molar-refractivity contribution in [1.29, 1.82) is 0 Å². The number of esters is 1. The van der Waals surface area contributed by atoms with Crippen LogP contribution in [0.5, 0.6) is 0 Å². The number of carbonyl (C=O) groups is 2. The van der Waals surface area contributed by atoms with Crippen molar-refractivity contribution in [2.75, 3.05) is 5.32 Å².